The Labute approximate surface area is 129 Å². The van der Waals surface area contributed by atoms with Crippen molar-refractivity contribution in [3.63, 3.8) is 0 Å². The van der Waals surface area contributed by atoms with Crippen LogP contribution in [0.5, 0.6) is 0 Å². The van der Waals surface area contributed by atoms with E-state index in [0.717, 1.165) is 11.5 Å². The van der Waals surface area contributed by atoms with E-state index in [-0.39, 0.29) is 11.9 Å². The highest BCUT2D eigenvalue weighted by Gasteiger charge is 2.19. The number of furan rings is 1. The third kappa shape index (κ3) is 4.34. The molecular weight excluding hydrogens is 288 g/mol. The van der Waals surface area contributed by atoms with Gasteiger partial charge in [0, 0.05) is 10.7 Å². The zero-order valence-electron chi connectivity index (χ0n) is 12.4. The minimum absolute atomic E-state index is 0.0805. The standard InChI is InChI=1S/C16H19ClN2O2/c1-11-7-8-15(21-11)10-19(3)12(2)16(20)18-14-6-4-5-13(17)9-14/h4-9,12H,10H2,1-3H3,(H,18,20). The number of likely N-dealkylation sites (N-methyl/N-ethyl adjacent to an activating group) is 1. The average Bonchev–Trinajstić information content (AvgIpc) is 2.83. The van der Waals surface area contributed by atoms with Crippen LogP contribution in [0.25, 0.3) is 0 Å². The molecule has 0 saturated carbocycles. The summed E-state index contributed by atoms with van der Waals surface area (Å²) in [5.41, 5.74) is 0.696. The van der Waals surface area contributed by atoms with Crippen LogP contribution in [-0.4, -0.2) is 23.9 Å². The fraction of sp³-hybridized carbons (Fsp3) is 0.312. The fourth-order valence-corrected chi connectivity index (χ4v) is 2.16. The van der Waals surface area contributed by atoms with Gasteiger partial charge in [0.1, 0.15) is 11.5 Å². The molecule has 1 amide bonds. The molecular formula is C16H19ClN2O2. The molecule has 0 fully saturated rings. The number of halogens is 1. The molecule has 1 N–H and O–H groups in total. The van der Waals surface area contributed by atoms with Crippen molar-refractivity contribution in [2.75, 3.05) is 12.4 Å². The lowest BCUT2D eigenvalue weighted by Gasteiger charge is -2.22. The maximum Gasteiger partial charge on any atom is 0.241 e. The third-order valence-electron chi connectivity index (χ3n) is 3.33. The monoisotopic (exact) mass is 306 g/mol. The van der Waals surface area contributed by atoms with Gasteiger partial charge in [-0.25, -0.2) is 0 Å². The first-order chi connectivity index (χ1) is 9.95. The zero-order chi connectivity index (χ0) is 15.4. The first kappa shape index (κ1) is 15.6. The molecule has 0 bridgehead atoms. The van der Waals surface area contributed by atoms with Gasteiger partial charge in [0.15, 0.2) is 0 Å². The van der Waals surface area contributed by atoms with Gasteiger partial charge < -0.3 is 9.73 Å². The molecule has 1 heterocycles. The molecule has 4 nitrogen and oxygen atoms in total. The summed E-state index contributed by atoms with van der Waals surface area (Å²) in [6, 6.07) is 10.7. The molecule has 0 aliphatic rings. The van der Waals surface area contributed by atoms with Gasteiger partial charge in [0.2, 0.25) is 5.91 Å². The Morgan fingerprint density at radius 1 is 1.38 bits per heavy atom. The van der Waals surface area contributed by atoms with Gasteiger partial charge in [-0.3, -0.25) is 9.69 Å². The quantitative estimate of drug-likeness (QED) is 0.916. The summed E-state index contributed by atoms with van der Waals surface area (Å²) in [6.07, 6.45) is 0. The number of aryl methyl sites for hydroxylation is 1. The molecule has 1 atom stereocenters. The summed E-state index contributed by atoms with van der Waals surface area (Å²) in [5.74, 6) is 1.63. The summed E-state index contributed by atoms with van der Waals surface area (Å²) in [4.78, 5) is 14.2. The van der Waals surface area contributed by atoms with Crippen molar-refractivity contribution in [2.45, 2.75) is 26.4 Å². The summed E-state index contributed by atoms with van der Waals surface area (Å²) in [6.45, 7) is 4.34. The first-order valence-electron chi connectivity index (χ1n) is 6.77. The number of amides is 1. The minimum atomic E-state index is -0.283. The van der Waals surface area contributed by atoms with Crippen LogP contribution in [0.4, 0.5) is 5.69 Å². The molecule has 0 saturated heterocycles. The minimum Gasteiger partial charge on any atom is -0.465 e. The van der Waals surface area contributed by atoms with Gasteiger partial charge in [-0.1, -0.05) is 17.7 Å². The second-order valence-electron chi connectivity index (χ2n) is 5.10. The number of nitrogens with zero attached hydrogens (tertiary/aromatic N) is 1. The number of benzene rings is 1. The van der Waals surface area contributed by atoms with Crippen LogP contribution in [0, 0.1) is 6.92 Å². The van der Waals surface area contributed by atoms with Crippen molar-refractivity contribution in [3.8, 4) is 0 Å². The van der Waals surface area contributed by atoms with E-state index in [9.17, 15) is 4.79 Å². The predicted octanol–water partition coefficient (Wildman–Crippen LogP) is 3.70. The van der Waals surface area contributed by atoms with E-state index >= 15 is 0 Å². The van der Waals surface area contributed by atoms with Gasteiger partial charge >= 0.3 is 0 Å². The van der Waals surface area contributed by atoms with Crippen molar-refractivity contribution in [1.82, 2.24) is 4.90 Å². The van der Waals surface area contributed by atoms with Crippen LogP contribution in [0.1, 0.15) is 18.4 Å². The normalized spacial score (nSPS) is 12.4. The number of nitrogens with one attached hydrogen (secondary N) is 1. The highest BCUT2D eigenvalue weighted by Crippen LogP contribution is 2.16. The fourth-order valence-electron chi connectivity index (χ4n) is 1.97. The number of anilines is 1. The van der Waals surface area contributed by atoms with E-state index in [0.29, 0.717) is 17.3 Å². The van der Waals surface area contributed by atoms with E-state index in [2.05, 4.69) is 5.32 Å². The van der Waals surface area contributed by atoms with Crippen molar-refractivity contribution in [1.29, 1.82) is 0 Å². The lowest BCUT2D eigenvalue weighted by atomic mass is 10.2. The van der Waals surface area contributed by atoms with E-state index in [1.165, 1.54) is 0 Å². The lowest BCUT2D eigenvalue weighted by molar-refractivity contribution is -0.120. The Kier molecular flexibility index (Phi) is 5.04. The molecule has 0 radical (unpaired) electrons. The maximum atomic E-state index is 12.2. The molecule has 0 aliphatic carbocycles. The van der Waals surface area contributed by atoms with Gasteiger partial charge in [0.05, 0.1) is 12.6 Å². The van der Waals surface area contributed by atoms with Gasteiger partial charge in [-0.05, 0) is 51.2 Å². The van der Waals surface area contributed by atoms with Crippen LogP contribution in [-0.2, 0) is 11.3 Å². The Hall–Kier alpha value is -1.78. The van der Waals surface area contributed by atoms with Crippen LogP contribution >= 0.6 is 11.6 Å². The van der Waals surface area contributed by atoms with Crippen molar-refractivity contribution in [3.05, 3.63) is 52.9 Å². The Morgan fingerprint density at radius 2 is 2.14 bits per heavy atom. The van der Waals surface area contributed by atoms with Crippen molar-refractivity contribution < 1.29 is 9.21 Å². The number of rotatable bonds is 5. The average molecular weight is 307 g/mol. The SMILES string of the molecule is Cc1ccc(CN(C)C(C)C(=O)Nc2cccc(Cl)c2)o1. The first-order valence-corrected chi connectivity index (χ1v) is 7.15. The lowest BCUT2D eigenvalue weighted by Crippen LogP contribution is -2.39. The van der Waals surface area contributed by atoms with Crippen LogP contribution in [0.3, 0.4) is 0 Å². The largest absolute Gasteiger partial charge is 0.465 e. The summed E-state index contributed by atoms with van der Waals surface area (Å²) < 4.78 is 5.53. The molecule has 2 rings (SSSR count). The highest BCUT2D eigenvalue weighted by molar-refractivity contribution is 6.30. The zero-order valence-corrected chi connectivity index (χ0v) is 13.1. The van der Waals surface area contributed by atoms with E-state index < -0.39 is 0 Å². The van der Waals surface area contributed by atoms with Crippen LogP contribution in [0.2, 0.25) is 5.02 Å². The highest BCUT2D eigenvalue weighted by atomic mass is 35.5. The molecule has 0 spiro atoms. The molecule has 1 aromatic heterocycles. The number of carbonyl (C=O) groups excluding carboxylic acids is 1. The smallest absolute Gasteiger partial charge is 0.241 e. The third-order valence-corrected chi connectivity index (χ3v) is 3.57. The Balaban J connectivity index is 1.95. The summed E-state index contributed by atoms with van der Waals surface area (Å²) in [7, 11) is 1.89. The number of hydrogen-bond acceptors (Lipinski definition) is 3. The van der Waals surface area contributed by atoms with Gasteiger partial charge in [-0.2, -0.15) is 0 Å². The molecule has 5 heteroatoms. The van der Waals surface area contributed by atoms with Crippen LogP contribution < -0.4 is 5.32 Å². The summed E-state index contributed by atoms with van der Waals surface area (Å²) >= 11 is 5.91. The Bertz CT molecular complexity index is 624. The van der Waals surface area contributed by atoms with Crippen LogP contribution in [0.15, 0.2) is 40.8 Å². The van der Waals surface area contributed by atoms with E-state index in [1.807, 2.05) is 44.0 Å². The maximum absolute atomic E-state index is 12.2. The molecule has 21 heavy (non-hydrogen) atoms. The molecule has 2 aromatic rings. The molecule has 1 unspecified atom stereocenters. The Morgan fingerprint density at radius 3 is 2.76 bits per heavy atom. The van der Waals surface area contributed by atoms with Gasteiger partial charge in [-0.15, -0.1) is 0 Å². The van der Waals surface area contributed by atoms with Crippen molar-refractivity contribution in [2.24, 2.45) is 0 Å². The summed E-state index contributed by atoms with van der Waals surface area (Å²) in [5, 5.41) is 3.46. The predicted molar refractivity (Wildman–Crippen MR) is 84.5 cm³/mol. The number of hydrogen-bond donors (Lipinski definition) is 1. The molecule has 1 aromatic carbocycles. The second-order valence-corrected chi connectivity index (χ2v) is 5.54. The second kappa shape index (κ2) is 6.78. The van der Waals surface area contributed by atoms with Crippen molar-refractivity contribution >= 4 is 23.2 Å². The van der Waals surface area contributed by atoms with E-state index in [4.69, 9.17) is 16.0 Å². The van der Waals surface area contributed by atoms with Gasteiger partial charge in [0.25, 0.3) is 0 Å². The molecule has 112 valence electrons. The topological polar surface area (TPSA) is 45.5 Å². The van der Waals surface area contributed by atoms with E-state index in [1.54, 1.807) is 18.2 Å². The number of carbonyl (C=O) groups is 1. The molecule has 0 aliphatic heterocycles.